The van der Waals surface area contributed by atoms with Gasteiger partial charge in [0, 0.05) is 17.2 Å². The molecule has 0 unspecified atom stereocenters. The van der Waals surface area contributed by atoms with Crippen LogP contribution in [0, 0.1) is 0 Å². The van der Waals surface area contributed by atoms with E-state index in [1.54, 1.807) is 12.0 Å². The minimum Gasteiger partial charge on any atom is -0.497 e. The monoisotopic (exact) mass is 401 g/mol. The summed E-state index contributed by atoms with van der Waals surface area (Å²) in [4.78, 5) is 19.4. The second-order valence-electron chi connectivity index (χ2n) is 7.33. The van der Waals surface area contributed by atoms with Crippen LogP contribution in [0.2, 0.25) is 0 Å². The summed E-state index contributed by atoms with van der Waals surface area (Å²) in [6.45, 7) is 4.19. The van der Waals surface area contributed by atoms with Crippen molar-refractivity contribution in [3.05, 3.63) is 78.2 Å². The standard InChI is InChI=1S/C24H23N3O3/c1-16(2)27(24(28)20-9-8-17-6-4-5-7-19(17)14-20)15-22-25-23(26-30-22)18-10-12-21(29-3)13-11-18/h4-14,16H,15H2,1-3H3. The first-order valence-corrected chi connectivity index (χ1v) is 9.82. The van der Waals surface area contributed by atoms with Gasteiger partial charge in [-0.3, -0.25) is 4.79 Å². The first-order chi connectivity index (χ1) is 14.5. The molecule has 0 aliphatic rings. The van der Waals surface area contributed by atoms with E-state index in [2.05, 4.69) is 10.1 Å². The van der Waals surface area contributed by atoms with Crippen LogP contribution in [0.1, 0.15) is 30.1 Å². The maximum absolute atomic E-state index is 13.2. The lowest BCUT2D eigenvalue weighted by molar-refractivity contribution is 0.0667. The largest absolute Gasteiger partial charge is 0.497 e. The number of carbonyl (C=O) groups is 1. The number of methoxy groups -OCH3 is 1. The lowest BCUT2D eigenvalue weighted by Gasteiger charge is -2.25. The van der Waals surface area contributed by atoms with E-state index in [9.17, 15) is 4.79 Å². The molecule has 0 aliphatic heterocycles. The molecule has 6 nitrogen and oxygen atoms in total. The molecular formula is C24H23N3O3. The van der Waals surface area contributed by atoms with Gasteiger partial charge in [0.1, 0.15) is 12.3 Å². The lowest BCUT2D eigenvalue weighted by Crippen LogP contribution is -2.36. The molecule has 1 amide bonds. The van der Waals surface area contributed by atoms with Gasteiger partial charge in [-0.2, -0.15) is 4.98 Å². The molecular weight excluding hydrogens is 378 g/mol. The maximum Gasteiger partial charge on any atom is 0.254 e. The highest BCUT2D eigenvalue weighted by Gasteiger charge is 2.22. The van der Waals surface area contributed by atoms with Crippen molar-refractivity contribution >= 4 is 16.7 Å². The fourth-order valence-electron chi connectivity index (χ4n) is 3.30. The molecule has 0 spiro atoms. The van der Waals surface area contributed by atoms with E-state index < -0.39 is 0 Å². The third-order valence-electron chi connectivity index (χ3n) is 5.00. The van der Waals surface area contributed by atoms with Gasteiger partial charge >= 0.3 is 0 Å². The Morgan fingerprint density at radius 3 is 2.47 bits per heavy atom. The predicted molar refractivity (Wildman–Crippen MR) is 115 cm³/mol. The van der Waals surface area contributed by atoms with Crippen molar-refractivity contribution in [3.63, 3.8) is 0 Å². The number of nitrogens with zero attached hydrogens (tertiary/aromatic N) is 3. The van der Waals surface area contributed by atoms with Gasteiger partial charge in [-0.25, -0.2) is 0 Å². The third-order valence-corrected chi connectivity index (χ3v) is 5.00. The van der Waals surface area contributed by atoms with Gasteiger partial charge in [0.25, 0.3) is 5.91 Å². The number of carbonyl (C=O) groups excluding carboxylic acids is 1. The highest BCUT2D eigenvalue weighted by atomic mass is 16.5. The fourth-order valence-corrected chi connectivity index (χ4v) is 3.30. The van der Waals surface area contributed by atoms with E-state index in [1.807, 2.05) is 80.6 Å². The number of rotatable bonds is 6. The summed E-state index contributed by atoms with van der Waals surface area (Å²) in [6.07, 6.45) is 0. The zero-order valence-electron chi connectivity index (χ0n) is 17.2. The van der Waals surface area contributed by atoms with Crippen LogP contribution in [0.25, 0.3) is 22.2 Å². The Balaban J connectivity index is 1.55. The lowest BCUT2D eigenvalue weighted by atomic mass is 10.1. The number of aromatic nitrogens is 2. The molecule has 30 heavy (non-hydrogen) atoms. The third kappa shape index (κ3) is 4.03. The molecule has 0 atom stereocenters. The normalized spacial score (nSPS) is 11.1. The zero-order chi connectivity index (χ0) is 21.1. The number of hydrogen-bond acceptors (Lipinski definition) is 5. The van der Waals surface area contributed by atoms with Crippen LogP contribution in [-0.2, 0) is 6.54 Å². The molecule has 4 aromatic rings. The fraction of sp³-hybridized carbons (Fsp3) is 0.208. The molecule has 3 aromatic carbocycles. The first-order valence-electron chi connectivity index (χ1n) is 9.82. The second kappa shape index (κ2) is 8.37. The number of amides is 1. The molecule has 6 heteroatoms. The van der Waals surface area contributed by atoms with Gasteiger partial charge in [0.05, 0.1) is 7.11 Å². The van der Waals surface area contributed by atoms with Crippen LogP contribution in [-0.4, -0.2) is 34.1 Å². The Bertz CT molecular complexity index is 1170. The Morgan fingerprint density at radius 1 is 1.03 bits per heavy atom. The number of benzene rings is 3. The molecule has 0 radical (unpaired) electrons. The molecule has 1 aromatic heterocycles. The summed E-state index contributed by atoms with van der Waals surface area (Å²) in [5.41, 5.74) is 1.46. The predicted octanol–water partition coefficient (Wildman–Crippen LogP) is 4.95. The van der Waals surface area contributed by atoms with Crippen LogP contribution in [0.3, 0.4) is 0 Å². The van der Waals surface area contributed by atoms with Crippen molar-refractivity contribution in [2.24, 2.45) is 0 Å². The Kier molecular flexibility index (Phi) is 5.48. The molecule has 1 heterocycles. The van der Waals surface area contributed by atoms with Crippen LogP contribution in [0.15, 0.2) is 71.3 Å². The molecule has 0 fully saturated rings. The molecule has 0 saturated carbocycles. The van der Waals surface area contributed by atoms with Gasteiger partial charge < -0.3 is 14.2 Å². The molecule has 4 rings (SSSR count). The van der Waals surface area contributed by atoms with Crippen molar-refractivity contribution in [1.29, 1.82) is 0 Å². The molecule has 0 bridgehead atoms. The number of fused-ring (bicyclic) bond motifs is 1. The number of ether oxygens (including phenoxy) is 1. The van der Waals surface area contributed by atoms with E-state index in [-0.39, 0.29) is 18.5 Å². The smallest absolute Gasteiger partial charge is 0.254 e. The van der Waals surface area contributed by atoms with Gasteiger partial charge in [0.15, 0.2) is 0 Å². The highest BCUT2D eigenvalue weighted by Crippen LogP contribution is 2.22. The second-order valence-corrected chi connectivity index (χ2v) is 7.33. The van der Waals surface area contributed by atoms with Crippen molar-refractivity contribution in [1.82, 2.24) is 15.0 Å². The summed E-state index contributed by atoms with van der Waals surface area (Å²) in [7, 11) is 1.62. The quantitative estimate of drug-likeness (QED) is 0.457. The zero-order valence-corrected chi connectivity index (χ0v) is 17.2. The van der Waals surface area contributed by atoms with Crippen molar-refractivity contribution in [3.8, 4) is 17.1 Å². The van der Waals surface area contributed by atoms with E-state index in [1.165, 1.54) is 0 Å². The molecule has 152 valence electrons. The Morgan fingerprint density at radius 2 is 1.77 bits per heavy atom. The summed E-state index contributed by atoms with van der Waals surface area (Å²) in [5, 5.41) is 6.20. The van der Waals surface area contributed by atoms with E-state index in [4.69, 9.17) is 9.26 Å². The highest BCUT2D eigenvalue weighted by molar-refractivity contribution is 5.98. The Hall–Kier alpha value is -3.67. The van der Waals surface area contributed by atoms with Gasteiger partial charge in [0.2, 0.25) is 11.7 Å². The molecule has 0 N–H and O–H groups in total. The topological polar surface area (TPSA) is 68.5 Å². The van der Waals surface area contributed by atoms with Crippen LogP contribution in [0.5, 0.6) is 5.75 Å². The first kappa shape index (κ1) is 19.6. The summed E-state index contributed by atoms with van der Waals surface area (Å²) in [5.74, 6) is 1.56. The van der Waals surface area contributed by atoms with Gasteiger partial charge in [-0.05, 0) is 61.0 Å². The summed E-state index contributed by atoms with van der Waals surface area (Å²) < 4.78 is 10.6. The summed E-state index contributed by atoms with van der Waals surface area (Å²) in [6, 6.07) is 21.1. The minimum absolute atomic E-state index is 0.0275. The molecule has 0 aliphatic carbocycles. The minimum atomic E-state index is -0.0695. The van der Waals surface area contributed by atoms with Crippen LogP contribution >= 0.6 is 0 Å². The van der Waals surface area contributed by atoms with Gasteiger partial charge in [-0.1, -0.05) is 35.5 Å². The van der Waals surface area contributed by atoms with E-state index >= 15 is 0 Å². The number of hydrogen-bond donors (Lipinski definition) is 0. The Labute approximate surface area is 175 Å². The van der Waals surface area contributed by atoms with Crippen molar-refractivity contribution in [2.45, 2.75) is 26.4 Å². The maximum atomic E-state index is 13.2. The average Bonchev–Trinajstić information content (AvgIpc) is 3.25. The van der Waals surface area contributed by atoms with Crippen LogP contribution in [0.4, 0.5) is 0 Å². The van der Waals surface area contributed by atoms with Gasteiger partial charge in [-0.15, -0.1) is 0 Å². The SMILES string of the molecule is COc1ccc(-c2noc(CN(C(=O)c3ccc4ccccc4c3)C(C)C)n2)cc1. The van der Waals surface area contributed by atoms with Crippen molar-refractivity contribution < 1.29 is 14.1 Å². The van der Waals surface area contributed by atoms with E-state index in [0.29, 0.717) is 17.3 Å². The molecule has 0 saturated heterocycles. The van der Waals surface area contributed by atoms with Crippen molar-refractivity contribution in [2.75, 3.05) is 7.11 Å². The van der Waals surface area contributed by atoms with Crippen LogP contribution < -0.4 is 4.74 Å². The average molecular weight is 401 g/mol. The van der Waals surface area contributed by atoms with E-state index in [0.717, 1.165) is 22.1 Å². The summed E-state index contributed by atoms with van der Waals surface area (Å²) >= 11 is 0.